The molecule has 0 fully saturated rings. The monoisotopic (exact) mass is 264 g/mol. The predicted octanol–water partition coefficient (Wildman–Crippen LogP) is 3.37. The van der Waals surface area contributed by atoms with Gasteiger partial charge in [0.1, 0.15) is 5.75 Å². The maximum Gasteiger partial charge on any atom is 0.237 e. The number of phenolic OH excluding ortho intramolecular Hbond substituents is 1. The molecule has 0 aliphatic rings. The molecule has 1 aromatic carbocycles. The Morgan fingerprint density at radius 2 is 1.89 bits per heavy atom. The molecule has 0 aliphatic carbocycles. The highest BCUT2D eigenvalue weighted by Gasteiger charge is 2.20. The third-order valence-electron chi connectivity index (χ3n) is 2.34. The number of benzene rings is 1. The van der Waals surface area contributed by atoms with Crippen LogP contribution in [0.5, 0.6) is 5.75 Å². The van der Waals surface area contributed by atoms with Crippen molar-refractivity contribution in [3.63, 3.8) is 0 Å². The average molecular weight is 264 g/mol. The second kappa shape index (κ2) is 5.02. The van der Waals surface area contributed by atoms with Gasteiger partial charge in [0.2, 0.25) is 5.89 Å². The second-order valence-electron chi connectivity index (χ2n) is 5.04. The molecule has 1 aromatic heterocycles. The summed E-state index contributed by atoms with van der Waals surface area (Å²) in [6.07, 6.45) is 0. The van der Waals surface area contributed by atoms with Crippen LogP contribution in [0.4, 0.5) is 0 Å². The number of aromatic nitrogens is 2. The van der Waals surface area contributed by atoms with Crippen molar-refractivity contribution in [2.45, 2.75) is 36.8 Å². The van der Waals surface area contributed by atoms with Gasteiger partial charge in [0.05, 0.1) is 5.75 Å². The van der Waals surface area contributed by atoms with Crippen molar-refractivity contribution in [2.24, 2.45) is 0 Å². The number of hydrogen-bond donors (Lipinski definition) is 1. The van der Waals surface area contributed by atoms with E-state index in [2.05, 4.69) is 30.9 Å². The summed E-state index contributed by atoms with van der Waals surface area (Å²) in [7, 11) is 0. The third kappa shape index (κ3) is 3.26. The number of rotatable bonds is 3. The minimum atomic E-state index is -0.0923. The fraction of sp³-hybridized carbons (Fsp3) is 0.385. The Balaban J connectivity index is 1.98. The summed E-state index contributed by atoms with van der Waals surface area (Å²) in [4.78, 5) is 5.42. The van der Waals surface area contributed by atoms with Crippen molar-refractivity contribution in [3.8, 4) is 5.75 Å². The molecule has 0 amide bonds. The lowest BCUT2D eigenvalue weighted by Gasteiger charge is -2.10. The number of nitrogens with zero attached hydrogens (tertiary/aromatic N) is 2. The van der Waals surface area contributed by atoms with Crippen molar-refractivity contribution in [1.82, 2.24) is 10.1 Å². The van der Waals surface area contributed by atoms with Crippen molar-refractivity contribution in [3.05, 3.63) is 36.0 Å². The van der Waals surface area contributed by atoms with Crippen LogP contribution in [0.3, 0.4) is 0 Å². The topological polar surface area (TPSA) is 59.2 Å². The lowest BCUT2D eigenvalue weighted by molar-refractivity contribution is 0.373. The zero-order valence-electron chi connectivity index (χ0n) is 10.7. The molecule has 18 heavy (non-hydrogen) atoms. The number of phenols is 1. The molecular weight excluding hydrogens is 248 g/mol. The van der Waals surface area contributed by atoms with E-state index in [9.17, 15) is 5.11 Å². The predicted molar refractivity (Wildman–Crippen MR) is 70.7 cm³/mol. The molecule has 2 aromatic rings. The largest absolute Gasteiger partial charge is 0.508 e. The van der Waals surface area contributed by atoms with E-state index in [0.717, 1.165) is 10.7 Å². The second-order valence-corrected chi connectivity index (χ2v) is 6.09. The SMILES string of the molecule is CC(C)(C)c1noc(CSc2ccc(O)cc2)n1. The van der Waals surface area contributed by atoms with E-state index in [1.165, 1.54) is 0 Å². The van der Waals surface area contributed by atoms with Gasteiger partial charge in [-0.15, -0.1) is 11.8 Å². The molecule has 4 nitrogen and oxygen atoms in total. The minimum Gasteiger partial charge on any atom is -0.508 e. The fourth-order valence-corrected chi connectivity index (χ4v) is 2.04. The van der Waals surface area contributed by atoms with Crippen LogP contribution in [0.15, 0.2) is 33.7 Å². The zero-order chi connectivity index (χ0) is 13.2. The molecule has 2 rings (SSSR count). The van der Waals surface area contributed by atoms with Crippen LogP contribution in [-0.4, -0.2) is 15.2 Å². The lowest BCUT2D eigenvalue weighted by Crippen LogP contribution is -2.13. The van der Waals surface area contributed by atoms with Gasteiger partial charge in [-0.2, -0.15) is 4.98 Å². The Labute approximate surface area is 110 Å². The summed E-state index contributed by atoms with van der Waals surface area (Å²) >= 11 is 1.60. The van der Waals surface area contributed by atoms with E-state index in [-0.39, 0.29) is 11.2 Å². The molecule has 0 saturated heterocycles. The Bertz CT molecular complexity index is 515. The molecule has 1 N–H and O–H groups in total. The van der Waals surface area contributed by atoms with E-state index in [1.54, 1.807) is 23.9 Å². The summed E-state index contributed by atoms with van der Waals surface area (Å²) in [5.74, 6) is 2.25. The highest BCUT2D eigenvalue weighted by molar-refractivity contribution is 7.98. The van der Waals surface area contributed by atoms with Gasteiger partial charge in [0, 0.05) is 10.3 Å². The number of aromatic hydroxyl groups is 1. The maximum absolute atomic E-state index is 9.18. The van der Waals surface area contributed by atoms with Crippen molar-refractivity contribution < 1.29 is 9.63 Å². The molecule has 5 heteroatoms. The molecule has 0 radical (unpaired) electrons. The third-order valence-corrected chi connectivity index (χ3v) is 3.33. The standard InChI is InChI=1S/C13H16N2O2S/c1-13(2,3)12-14-11(17-15-12)8-18-10-6-4-9(16)5-7-10/h4-7,16H,8H2,1-3H3. The highest BCUT2D eigenvalue weighted by Crippen LogP contribution is 2.25. The highest BCUT2D eigenvalue weighted by atomic mass is 32.2. The summed E-state index contributed by atoms with van der Waals surface area (Å²) < 4.78 is 5.21. The van der Waals surface area contributed by atoms with Crippen LogP contribution < -0.4 is 0 Å². The van der Waals surface area contributed by atoms with Gasteiger partial charge in [-0.3, -0.25) is 0 Å². The Morgan fingerprint density at radius 1 is 1.22 bits per heavy atom. The summed E-state index contributed by atoms with van der Waals surface area (Å²) in [6.45, 7) is 6.15. The van der Waals surface area contributed by atoms with Gasteiger partial charge in [0.25, 0.3) is 0 Å². The Kier molecular flexibility index (Phi) is 3.61. The van der Waals surface area contributed by atoms with E-state index in [1.807, 2.05) is 12.1 Å². The van der Waals surface area contributed by atoms with Crippen molar-refractivity contribution in [1.29, 1.82) is 0 Å². The molecule has 0 bridgehead atoms. The van der Waals surface area contributed by atoms with E-state index in [4.69, 9.17) is 4.52 Å². The normalized spacial score (nSPS) is 11.7. The molecular formula is C13H16N2O2S. The van der Waals surface area contributed by atoms with Crippen LogP contribution in [-0.2, 0) is 11.2 Å². The fourth-order valence-electron chi connectivity index (χ4n) is 1.31. The quantitative estimate of drug-likeness (QED) is 0.861. The first-order valence-corrected chi connectivity index (χ1v) is 6.68. The Morgan fingerprint density at radius 3 is 2.44 bits per heavy atom. The summed E-state index contributed by atoms with van der Waals surface area (Å²) in [5, 5.41) is 13.2. The summed E-state index contributed by atoms with van der Waals surface area (Å²) in [6, 6.07) is 7.05. The summed E-state index contributed by atoms with van der Waals surface area (Å²) in [5.41, 5.74) is -0.0923. The van der Waals surface area contributed by atoms with Gasteiger partial charge in [-0.1, -0.05) is 25.9 Å². The Hall–Kier alpha value is -1.49. The molecule has 0 aliphatic heterocycles. The van der Waals surface area contributed by atoms with Crippen LogP contribution in [0.1, 0.15) is 32.5 Å². The molecule has 1 heterocycles. The molecule has 0 atom stereocenters. The first-order chi connectivity index (χ1) is 8.45. The number of thioether (sulfide) groups is 1. The average Bonchev–Trinajstić information content (AvgIpc) is 2.77. The maximum atomic E-state index is 9.18. The lowest BCUT2D eigenvalue weighted by atomic mass is 9.96. The van der Waals surface area contributed by atoms with Crippen LogP contribution in [0, 0.1) is 0 Å². The number of hydrogen-bond acceptors (Lipinski definition) is 5. The first kappa shape index (κ1) is 13.0. The van der Waals surface area contributed by atoms with Crippen molar-refractivity contribution in [2.75, 3.05) is 0 Å². The van der Waals surface area contributed by atoms with Gasteiger partial charge in [-0.25, -0.2) is 0 Å². The molecule has 0 saturated carbocycles. The van der Waals surface area contributed by atoms with Crippen molar-refractivity contribution >= 4 is 11.8 Å². The zero-order valence-corrected chi connectivity index (χ0v) is 11.5. The smallest absolute Gasteiger partial charge is 0.237 e. The van der Waals surface area contributed by atoms with Gasteiger partial charge in [0.15, 0.2) is 5.82 Å². The van der Waals surface area contributed by atoms with Crippen LogP contribution in [0.2, 0.25) is 0 Å². The van der Waals surface area contributed by atoms with Crippen LogP contribution in [0.25, 0.3) is 0 Å². The van der Waals surface area contributed by atoms with Gasteiger partial charge < -0.3 is 9.63 Å². The van der Waals surface area contributed by atoms with Gasteiger partial charge >= 0.3 is 0 Å². The van der Waals surface area contributed by atoms with E-state index < -0.39 is 0 Å². The van der Waals surface area contributed by atoms with E-state index in [0.29, 0.717) is 11.6 Å². The first-order valence-electron chi connectivity index (χ1n) is 5.70. The minimum absolute atomic E-state index is 0.0923. The molecule has 0 unspecified atom stereocenters. The van der Waals surface area contributed by atoms with Gasteiger partial charge in [-0.05, 0) is 24.3 Å². The molecule has 0 spiro atoms. The van der Waals surface area contributed by atoms with E-state index >= 15 is 0 Å². The molecule has 96 valence electrons. The van der Waals surface area contributed by atoms with Crippen LogP contribution >= 0.6 is 11.8 Å².